The van der Waals surface area contributed by atoms with Gasteiger partial charge in [-0.15, -0.1) is 0 Å². The number of amides is 1. The monoisotopic (exact) mass is 391 g/mol. The predicted molar refractivity (Wildman–Crippen MR) is 113 cm³/mol. The number of nitrogens with one attached hydrogen (secondary N) is 1. The van der Waals surface area contributed by atoms with Crippen LogP contribution in [0.25, 0.3) is 0 Å². The zero-order valence-electron chi connectivity index (χ0n) is 16.2. The van der Waals surface area contributed by atoms with Crippen LogP contribution < -0.4 is 15.0 Å². The second-order valence-electron chi connectivity index (χ2n) is 6.49. The molecule has 29 heavy (non-hydrogen) atoms. The van der Waals surface area contributed by atoms with Crippen molar-refractivity contribution in [2.75, 3.05) is 24.4 Å². The summed E-state index contributed by atoms with van der Waals surface area (Å²) < 4.78 is 5.14. The van der Waals surface area contributed by atoms with Gasteiger partial charge in [0.1, 0.15) is 11.4 Å². The molecule has 0 radical (unpaired) electrons. The summed E-state index contributed by atoms with van der Waals surface area (Å²) in [5, 5.41) is 14.4. The van der Waals surface area contributed by atoms with Gasteiger partial charge in [-0.05, 0) is 29.8 Å². The van der Waals surface area contributed by atoms with Crippen molar-refractivity contribution in [2.45, 2.75) is 6.54 Å². The Kier molecular flexibility index (Phi) is 6.09. The molecule has 0 aromatic heterocycles. The molecule has 1 N–H and O–H groups in total. The Hall–Kier alpha value is -3.87. The van der Waals surface area contributed by atoms with Gasteiger partial charge in [0.15, 0.2) is 0 Å². The second kappa shape index (κ2) is 8.88. The number of anilines is 2. The van der Waals surface area contributed by atoms with Crippen LogP contribution in [-0.2, 0) is 6.54 Å². The maximum atomic E-state index is 12.6. The Labute approximate surface area is 168 Å². The lowest BCUT2D eigenvalue weighted by atomic mass is 10.1. The molecule has 0 fully saturated rings. The third-order valence-electron chi connectivity index (χ3n) is 4.44. The van der Waals surface area contributed by atoms with E-state index in [0.717, 1.165) is 5.56 Å². The van der Waals surface area contributed by atoms with Crippen molar-refractivity contribution in [2.24, 2.45) is 0 Å². The summed E-state index contributed by atoms with van der Waals surface area (Å²) in [6.45, 7) is 0.511. The highest BCUT2D eigenvalue weighted by molar-refractivity contribution is 6.05. The Balaban J connectivity index is 1.83. The number of hydrogen-bond acceptors (Lipinski definition) is 5. The number of carbonyl (C=O) groups excluding carboxylic acids is 1. The van der Waals surface area contributed by atoms with Crippen LogP contribution >= 0.6 is 0 Å². The van der Waals surface area contributed by atoms with Crippen LogP contribution in [0.15, 0.2) is 72.8 Å². The van der Waals surface area contributed by atoms with Gasteiger partial charge in [0, 0.05) is 37.0 Å². The van der Waals surface area contributed by atoms with Crippen LogP contribution in [0.2, 0.25) is 0 Å². The average molecular weight is 391 g/mol. The fourth-order valence-corrected chi connectivity index (χ4v) is 2.98. The normalized spacial score (nSPS) is 10.3. The Morgan fingerprint density at radius 2 is 1.83 bits per heavy atom. The Bertz CT molecular complexity index is 1020. The lowest BCUT2D eigenvalue weighted by Crippen LogP contribution is -2.18. The molecule has 3 aromatic carbocycles. The quantitative estimate of drug-likeness (QED) is 0.474. The third kappa shape index (κ3) is 4.90. The first kappa shape index (κ1) is 19.9. The molecule has 148 valence electrons. The maximum Gasteiger partial charge on any atom is 0.293 e. The van der Waals surface area contributed by atoms with Gasteiger partial charge < -0.3 is 15.0 Å². The SMILES string of the molecule is COc1cccc(NC(=O)c2ccc(N(C)Cc3ccccc3)c([N+](=O)[O-])c2)c1. The lowest BCUT2D eigenvalue weighted by Gasteiger charge is -2.19. The van der Waals surface area contributed by atoms with E-state index in [1.54, 1.807) is 48.3 Å². The summed E-state index contributed by atoms with van der Waals surface area (Å²) in [7, 11) is 3.32. The van der Waals surface area contributed by atoms with E-state index in [9.17, 15) is 14.9 Å². The maximum absolute atomic E-state index is 12.6. The molecule has 0 heterocycles. The minimum absolute atomic E-state index is 0.123. The van der Waals surface area contributed by atoms with Crippen molar-refractivity contribution >= 4 is 23.0 Å². The summed E-state index contributed by atoms with van der Waals surface area (Å²) >= 11 is 0. The fraction of sp³-hybridized carbons (Fsp3) is 0.136. The van der Waals surface area contributed by atoms with Crippen LogP contribution in [0.3, 0.4) is 0 Å². The summed E-state index contributed by atoms with van der Waals surface area (Å²) in [6, 6.07) is 21.1. The molecule has 1 amide bonds. The molecular formula is C22H21N3O4. The molecule has 0 aliphatic carbocycles. The number of carbonyl (C=O) groups is 1. The van der Waals surface area contributed by atoms with Gasteiger partial charge >= 0.3 is 0 Å². The van der Waals surface area contributed by atoms with E-state index in [4.69, 9.17) is 4.74 Å². The molecule has 3 rings (SSSR count). The molecule has 0 unspecified atom stereocenters. The van der Waals surface area contributed by atoms with E-state index >= 15 is 0 Å². The van der Waals surface area contributed by atoms with Gasteiger partial charge in [-0.25, -0.2) is 0 Å². The highest BCUT2D eigenvalue weighted by atomic mass is 16.6. The predicted octanol–water partition coefficient (Wildman–Crippen LogP) is 4.49. The van der Waals surface area contributed by atoms with Gasteiger partial charge in [-0.1, -0.05) is 36.4 Å². The largest absolute Gasteiger partial charge is 0.497 e. The molecule has 3 aromatic rings. The van der Waals surface area contributed by atoms with E-state index < -0.39 is 10.8 Å². The molecule has 0 spiro atoms. The van der Waals surface area contributed by atoms with Crippen LogP contribution in [0.1, 0.15) is 15.9 Å². The van der Waals surface area contributed by atoms with Gasteiger partial charge in [-0.2, -0.15) is 0 Å². The zero-order chi connectivity index (χ0) is 20.8. The summed E-state index contributed by atoms with van der Waals surface area (Å²) in [5.74, 6) is 0.172. The van der Waals surface area contributed by atoms with Crippen molar-refractivity contribution in [3.05, 3.63) is 94.0 Å². The van der Waals surface area contributed by atoms with Crippen LogP contribution in [0, 0.1) is 10.1 Å². The molecule has 0 saturated carbocycles. The summed E-state index contributed by atoms with van der Waals surface area (Å²) in [4.78, 5) is 25.5. The molecular weight excluding hydrogens is 370 g/mol. The van der Waals surface area contributed by atoms with E-state index in [2.05, 4.69) is 5.32 Å². The number of nitro benzene ring substituents is 1. The number of nitro groups is 1. The first-order valence-electron chi connectivity index (χ1n) is 8.97. The third-order valence-corrected chi connectivity index (χ3v) is 4.44. The van der Waals surface area contributed by atoms with E-state index in [1.165, 1.54) is 13.2 Å². The number of benzene rings is 3. The molecule has 0 bridgehead atoms. The van der Waals surface area contributed by atoms with Gasteiger partial charge in [0.05, 0.1) is 12.0 Å². The van der Waals surface area contributed by atoms with Gasteiger partial charge in [0.25, 0.3) is 11.6 Å². The highest BCUT2D eigenvalue weighted by Gasteiger charge is 2.20. The van der Waals surface area contributed by atoms with Crippen LogP contribution in [-0.4, -0.2) is 25.0 Å². The van der Waals surface area contributed by atoms with Crippen molar-refractivity contribution in [1.29, 1.82) is 0 Å². The topological polar surface area (TPSA) is 84.7 Å². The van der Waals surface area contributed by atoms with E-state index in [-0.39, 0.29) is 11.3 Å². The van der Waals surface area contributed by atoms with E-state index in [1.807, 2.05) is 30.3 Å². The fourth-order valence-electron chi connectivity index (χ4n) is 2.98. The minimum Gasteiger partial charge on any atom is -0.497 e. The van der Waals surface area contributed by atoms with Crippen molar-refractivity contribution in [3.63, 3.8) is 0 Å². The molecule has 0 atom stereocenters. The van der Waals surface area contributed by atoms with Crippen molar-refractivity contribution < 1.29 is 14.5 Å². The molecule has 0 aliphatic heterocycles. The number of nitrogens with zero attached hydrogens (tertiary/aromatic N) is 2. The first-order valence-corrected chi connectivity index (χ1v) is 8.97. The van der Waals surface area contributed by atoms with Crippen LogP contribution in [0.4, 0.5) is 17.1 Å². The summed E-state index contributed by atoms with van der Waals surface area (Å²) in [6.07, 6.45) is 0. The van der Waals surface area contributed by atoms with Crippen molar-refractivity contribution in [1.82, 2.24) is 0 Å². The molecule has 0 saturated heterocycles. The average Bonchev–Trinajstić information content (AvgIpc) is 2.74. The lowest BCUT2D eigenvalue weighted by molar-refractivity contribution is -0.384. The van der Waals surface area contributed by atoms with Gasteiger partial charge in [-0.3, -0.25) is 14.9 Å². The van der Waals surface area contributed by atoms with Crippen molar-refractivity contribution in [3.8, 4) is 5.75 Å². The number of hydrogen-bond donors (Lipinski definition) is 1. The second-order valence-corrected chi connectivity index (χ2v) is 6.49. The highest BCUT2D eigenvalue weighted by Crippen LogP contribution is 2.30. The smallest absolute Gasteiger partial charge is 0.293 e. The van der Waals surface area contributed by atoms with Crippen LogP contribution in [0.5, 0.6) is 5.75 Å². The molecule has 7 heteroatoms. The molecule has 0 aliphatic rings. The number of ether oxygens (including phenoxy) is 1. The molecule has 7 nitrogen and oxygen atoms in total. The number of rotatable bonds is 7. The van der Waals surface area contributed by atoms with E-state index in [0.29, 0.717) is 23.7 Å². The van der Waals surface area contributed by atoms with Gasteiger partial charge in [0.2, 0.25) is 0 Å². The minimum atomic E-state index is -0.473. The zero-order valence-corrected chi connectivity index (χ0v) is 16.2. The number of methoxy groups -OCH3 is 1. The Morgan fingerprint density at radius 1 is 1.07 bits per heavy atom. The first-order chi connectivity index (χ1) is 14.0. The standard InChI is InChI=1S/C22H21N3O4/c1-24(15-16-7-4-3-5-8-16)20-12-11-17(13-21(20)25(27)28)22(26)23-18-9-6-10-19(14-18)29-2/h3-14H,15H2,1-2H3,(H,23,26). The summed E-state index contributed by atoms with van der Waals surface area (Å²) in [5.41, 5.74) is 2.10. The Morgan fingerprint density at radius 3 is 2.52 bits per heavy atom.